The molecule has 1 aliphatic heterocycles. The fraction of sp³-hybridized carbons (Fsp3) is 0.143. The van der Waals surface area contributed by atoms with Crippen LogP contribution in [0.1, 0.15) is 18.9 Å². The van der Waals surface area contributed by atoms with E-state index in [-0.39, 0.29) is 0 Å². The third-order valence-corrected chi connectivity index (χ3v) is 3.16. The Morgan fingerprint density at radius 1 is 1.17 bits per heavy atom. The molecule has 1 N–H and O–H groups in total. The lowest BCUT2D eigenvalue weighted by Crippen LogP contribution is -2.18. The molecule has 0 fully saturated rings. The van der Waals surface area contributed by atoms with E-state index in [9.17, 15) is 5.26 Å². The predicted molar refractivity (Wildman–Crippen MR) is 70.1 cm³/mol. The molecule has 18 heavy (non-hydrogen) atoms. The molecule has 0 aliphatic carbocycles. The maximum Gasteiger partial charge on any atom is 0.0973 e. The number of rotatable bonds is 1. The highest BCUT2D eigenvalue weighted by molar-refractivity contribution is 6.32. The third-order valence-electron chi connectivity index (χ3n) is 2.83. The van der Waals surface area contributed by atoms with Gasteiger partial charge in [-0.15, -0.1) is 0 Å². The van der Waals surface area contributed by atoms with E-state index >= 15 is 0 Å². The highest BCUT2D eigenvalue weighted by Crippen LogP contribution is 2.31. The quantitative estimate of drug-likeness (QED) is 0.837. The van der Waals surface area contributed by atoms with Crippen LogP contribution in [-0.2, 0) is 0 Å². The van der Waals surface area contributed by atoms with Gasteiger partial charge in [0.2, 0.25) is 0 Å². The first-order chi connectivity index (χ1) is 8.67. The summed E-state index contributed by atoms with van der Waals surface area (Å²) in [4.78, 5) is 0. The zero-order valence-corrected chi connectivity index (χ0v) is 10.5. The Balaban J connectivity index is 2.52. The lowest BCUT2D eigenvalue weighted by molar-refractivity contribution is 0.968. The summed E-state index contributed by atoms with van der Waals surface area (Å²) >= 11 is 6.13. The Morgan fingerprint density at radius 2 is 1.83 bits per heavy atom. The first-order valence-electron chi connectivity index (χ1n) is 5.42. The Kier molecular flexibility index (Phi) is 3.37. The second-order valence-electron chi connectivity index (χ2n) is 3.96. The number of hydrogen-bond acceptors (Lipinski definition) is 3. The molecular formula is C14H10ClN3. The minimum absolute atomic E-state index is 0.354. The number of halogens is 1. The minimum atomic E-state index is 0.354. The summed E-state index contributed by atoms with van der Waals surface area (Å²) in [6.45, 7) is 1.82. The molecule has 2 rings (SSSR count). The number of benzene rings is 1. The van der Waals surface area contributed by atoms with Crippen LogP contribution in [0.25, 0.3) is 5.70 Å². The lowest BCUT2D eigenvalue weighted by Gasteiger charge is -2.21. The van der Waals surface area contributed by atoms with Crippen molar-refractivity contribution in [2.24, 2.45) is 0 Å². The van der Waals surface area contributed by atoms with Crippen molar-refractivity contribution in [2.45, 2.75) is 13.3 Å². The first-order valence-corrected chi connectivity index (χ1v) is 5.80. The van der Waals surface area contributed by atoms with Crippen LogP contribution in [-0.4, -0.2) is 0 Å². The monoisotopic (exact) mass is 255 g/mol. The van der Waals surface area contributed by atoms with Gasteiger partial charge in [0, 0.05) is 22.7 Å². The molecule has 0 radical (unpaired) electrons. The van der Waals surface area contributed by atoms with Crippen LogP contribution in [0, 0.1) is 22.7 Å². The van der Waals surface area contributed by atoms with Crippen molar-refractivity contribution >= 4 is 17.3 Å². The van der Waals surface area contributed by atoms with E-state index in [1.54, 1.807) is 6.07 Å². The summed E-state index contributed by atoms with van der Waals surface area (Å²) in [5.74, 6) is 0. The number of nitrogens with zero attached hydrogens (tertiary/aromatic N) is 2. The van der Waals surface area contributed by atoms with Gasteiger partial charge in [-0.05, 0) is 13.0 Å². The zero-order chi connectivity index (χ0) is 13.1. The van der Waals surface area contributed by atoms with Crippen molar-refractivity contribution in [2.75, 3.05) is 0 Å². The fourth-order valence-corrected chi connectivity index (χ4v) is 2.08. The average molecular weight is 256 g/mol. The van der Waals surface area contributed by atoms with Crippen LogP contribution in [0.4, 0.5) is 0 Å². The van der Waals surface area contributed by atoms with Crippen molar-refractivity contribution in [1.29, 1.82) is 10.5 Å². The van der Waals surface area contributed by atoms with E-state index in [1.165, 1.54) is 0 Å². The van der Waals surface area contributed by atoms with E-state index in [2.05, 4.69) is 17.5 Å². The summed E-state index contributed by atoms with van der Waals surface area (Å²) in [5.41, 5.74) is 3.37. The van der Waals surface area contributed by atoms with Gasteiger partial charge in [0.25, 0.3) is 0 Å². The second kappa shape index (κ2) is 4.96. The third kappa shape index (κ3) is 2.09. The minimum Gasteiger partial charge on any atom is -0.357 e. The van der Waals surface area contributed by atoms with Gasteiger partial charge in [-0.2, -0.15) is 10.5 Å². The van der Waals surface area contributed by atoms with Crippen LogP contribution < -0.4 is 5.32 Å². The lowest BCUT2D eigenvalue weighted by atomic mass is 9.96. The molecule has 3 nitrogen and oxygen atoms in total. The molecule has 0 unspecified atom stereocenters. The van der Waals surface area contributed by atoms with Crippen LogP contribution in [0.15, 0.2) is 41.1 Å². The Morgan fingerprint density at radius 3 is 2.44 bits per heavy atom. The van der Waals surface area contributed by atoms with Crippen LogP contribution in [0.5, 0.6) is 0 Å². The van der Waals surface area contributed by atoms with Gasteiger partial charge in [-0.1, -0.05) is 29.8 Å². The zero-order valence-electron chi connectivity index (χ0n) is 9.79. The van der Waals surface area contributed by atoms with Crippen LogP contribution in [0.2, 0.25) is 5.02 Å². The maximum atomic E-state index is 9.19. The molecule has 1 heterocycles. The highest BCUT2D eigenvalue weighted by Gasteiger charge is 2.20. The molecule has 1 aromatic rings. The molecule has 88 valence electrons. The van der Waals surface area contributed by atoms with Crippen molar-refractivity contribution < 1.29 is 0 Å². The van der Waals surface area contributed by atoms with E-state index in [0.717, 1.165) is 11.3 Å². The van der Waals surface area contributed by atoms with Gasteiger partial charge in [-0.25, -0.2) is 0 Å². The molecule has 1 aliphatic rings. The number of hydrogen-bond donors (Lipinski definition) is 1. The molecule has 1 aromatic carbocycles. The fourth-order valence-electron chi connectivity index (χ4n) is 1.85. The number of dihydropyridines is 1. The second-order valence-corrected chi connectivity index (χ2v) is 4.37. The molecular weight excluding hydrogens is 246 g/mol. The van der Waals surface area contributed by atoms with Gasteiger partial charge in [0.1, 0.15) is 0 Å². The maximum absolute atomic E-state index is 9.19. The van der Waals surface area contributed by atoms with Crippen molar-refractivity contribution in [3.63, 3.8) is 0 Å². The SMILES string of the molecule is CC1=C(C#N)CC(C#N)=C(c2ccccc2Cl)N1. The van der Waals surface area contributed by atoms with E-state index in [1.807, 2.05) is 25.1 Å². The van der Waals surface area contributed by atoms with Crippen molar-refractivity contribution in [1.82, 2.24) is 5.32 Å². The van der Waals surface area contributed by atoms with Gasteiger partial charge >= 0.3 is 0 Å². The molecule has 0 aromatic heterocycles. The molecule has 0 saturated heterocycles. The summed E-state index contributed by atoms with van der Waals surface area (Å²) in [5, 5.41) is 21.9. The van der Waals surface area contributed by atoms with E-state index < -0.39 is 0 Å². The largest absolute Gasteiger partial charge is 0.357 e. The normalized spacial score (nSPS) is 14.9. The van der Waals surface area contributed by atoms with Gasteiger partial charge in [0.15, 0.2) is 0 Å². The Hall–Kier alpha value is -2.23. The topological polar surface area (TPSA) is 59.6 Å². The molecule has 0 atom stereocenters. The number of allylic oxidation sites excluding steroid dienone is 3. The van der Waals surface area contributed by atoms with Crippen molar-refractivity contribution in [3.8, 4) is 12.1 Å². The molecule has 4 heteroatoms. The summed E-state index contributed by atoms with van der Waals surface area (Å²) in [7, 11) is 0. The molecule has 0 spiro atoms. The summed E-state index contributed by atoms with van der Waals surface area (Å²) in [6, 6.07) is 11.6. The molecule has 0 bridgehead atoms. The first kappa shape index (κ1) is 12.2. The predicted octanol–water partition coefficient (Wildman–Crippen LogP) is 3.37. The van der Waals surface area contributed by atoms with Crippen molar-refractivity contribution in [3.05, 3.63) is 51.7 Å². The smallest absolute Gasteiger partial charge is 0.0973 e. The average Bonchev–Trinajstić information content (AvgIpc) is 2.39. The molecule has 0 saturated carbocycles. The summed E-state index contributed by atoms with van der Waals surface area (Å²) in [6.07, 6.45) is 0.354. The Bertz CT molecular complexity index is 642. The Labute approximate surface area is 111 Å². The highest BCUT2D eigenvalue weighted by atomic mass is 35.5. The molecule has 0 amide bonds. The van der Waals surface area contributed by atoms with E-state index in [4.69, 9.17) is 16.9 Å². The van der Waals surface area contributed by atoms with Gasteiger partial charge < -0.3 is 5.32 Å². The van der Waals surface area contributed by atoms with Gasteiger partial charge in [0.05, 0.1) is 29.0 Å². The standard InChI is InChI=1S/C14H10ClN3/c1-9-10(7-16)6-11(8-17)14(18-9)12-4-2-3-5-13(12)15/h2-5,18H,6H2,1H3. The number of nitrogens with one attached hydrogen (secondary N) is 1. The van der Waals surface area contributed by atoms with E-state index in [0.29, 0.717) is 28.3 Å². The summed E-state index contributed by atoms with van der Waals surface area (Å²) < 4.78 is 0. The number of nitriles is 2. The van der Waals surface area contributed by atoms with Crippen LogP contribution in [0.3, 0.4) is 0 Å². The van der Waals surface area contributed by atoms with Gasteiger partial charge in [-0.3, -0.25) is 0 Å². The van der Waals surface area contributed by atoms with Crippen LogP contribution >= 0.6 is 11.6 Å².